The smallest absolute Gasteiger partial charge is 0.265 e. The average Bonchev–Trinajstić information content (AvgIpc) is 3.22. The van der Waals surface area contributed by atoms with E-state index in [-0.39, 0.29) is 29.7 Å². The second-order valence-electron chi connectivity index (χ2n) is 10.9. The monoisotopic (exact) mass is 544 g/mol. The van der Waals surface area contributed by atoms with Crippen LogP contribution in [0.5, 0.6) is 5.88 Å². The highest BCUT2D eigenvalue weighted by molar-refractivity contribution is 7.17. The van der Waals surface area contributed by atoms with Crippen molar-refractivity contribution in [2.24, 2.45) is 17.6 Å². The number of piperidine rings is 1. The molecule has 1 aliphatic carbocycles. The maximum Gasteiger partial charge on any atom is 0.265 e. The number of benzene rings is 1. The first-order valence-corrected chi connectivity index (χ1v) is 13.7. The van der Waals surface area contributed by atoms with E-state index in [0.29, 0.717) is 57.2 Å². The van der Waals surface area contributed by atoms with E-state index in [4.69, 9.17) is 15.5 Å². The van der Waals surface area contributed by atoms with Gasteiger partial charge in [0.05, 0.1) is 11.4 Å². The molecule has 0 radical (unpaired) electrons. The van der Waals surface area contributed by atoms with E-state index >= 15 is 0 Å². The molecule has 1 saturated carbocycles. The predicted molar refractivity (Wildman–Crippen MR) is 147 cm³/mol. The van der Waals surface area contributed by atoms with Crippen molar-refractivity contribution in [1.82, 2.24) is 24.8 Å². The Bertz CT molecular complexity index is 1560. The Morgan fingerprint density at radius 3 is 2.49 bits per heavy atom. The summed E-state index contributed by atoms with van der Waals surface area (Å²) in [6.45, 7) is 8.62. The van der Waals surface area contributed by atoms with Gasteiger partial charge in [0.15, 0.2) is 10.8 Å². The lowest BCUT2D eigenvalue weighted by Crippen LogP contribution is -2.33. The Morgan fingerprint density at radius 2 is 1.82 bits per heavy atom. The lowest BCUT2D eigenvalue weighted by molar-refractivity contribution is 0.0755. The van der Waals surface area contributed by atoms with Gasteiger partial charge in [0.25, 0.3) is 5.91 Å². The molecule has 1 saturated heterocycles. The lowest BCUT2D eigenvalue weighted by Gasteiger charge is -2.22. The molecule has 8 nitrogen and oxygen atoms in total. The van der Waals surface area contributed by atoms with Gasteiger partial charge < -0.3 is 15.4 Å². The Kier molecular flexibility index (Phi) is 6.19. The van der Waals surface area contributed by atoms with Crippen LogP contribution in [0.3, 0.4) is 0 Å². The van der Waals surface area contributed by atoms with E-state index < -0.39 is 5.54 Å². The van der Waals surface area contributed by atoms with Crippen LogP contribution >= 0.6 is 11.3 Å². The fraction of sp³-hybridized carbons (Fsp3) is 0.345. The Hall–Kier alpha value is -3.76. The number of pyridine rings is 1. The van der Waals surface area contributed by atoms with Gasteiger partial charge in [0, 0.05) is 54.5 Å². The Morgan fingerprint density at radius 1 is 1.10 bits per heavy atom. The molecule has 1 aromatic carbocycles. The normalized spacial score (nSPS) is 20.2. The van der Waals surface area contributed by atoms with Crippen LogP contribution in [0, 0.1) is 31.5 Å². The van der Waals surface area contributed by atoms with Gasteiger partial charge in [-0.1, -0.05) is 12.1 Å². The number of aromatic nitrogens is 4. The molecular weight excluding hydrogens is 515 g/mol. The van der Waals surface area contributed by atoms with Crippen molar-refractivity contribution >= 4 is 17.2 Å². The third-order valence-corrected chi connectivity index (χ3v) is 8.56. The number of aryl methyl sites for hydroxylation is 2. The van der Waals surface area contributed by atoms with Gasteiger partial charge in [-0.15, -0.1) is 11.3 Å². The van der Waals surface area contributed by atoms with E-state index in [1.165, 1.54) is 17.4 Å². The van der Waals surface area contributed by atoms with E-state index in [1.54, 1.807) is 31.5 Å². The first-order chi connectivity index (χ1) is 18.6. The molecule has 39 heavy (non-hydrogen) atoms. The van der Waals surface area contributed by atoms with Crippen molar-refractivity contribution < 1.29 is 13.9 Å². The Balaban J connectivity index is 1.17. The standard InChI is InChI=1S/C29H29FN6O2S/c1-15-6-7-17(10-21(15)30)22-11-18(29(3,4)31)12-23(35-22)38-24-19-13-36(14-20(19)24)28(37)25-16(2)34-27(39-25)26-32-8-5-9-33-26/h5-12,19-20,24H,13-14,31H2,1-4H3. The topological polar surface area (TPSA) is 107 Å². The van der Waals surface area contributed by atoms with Crippen molar-refractivity contribution in [3.63, 3.8) is 0 Å². The molecule has 2 fully saturated rings. The summed E-state index contributed by atoms with van der Waals surface area (Å²) in [7, 11) is 0. The molecule has 4 aromatic rings. The van der Waals surface area contributed by atoms with Crippen LogP contribution < -0.4 is 10.5 Å². The highest BCUT2D eigenvalue weighted by Crippen LogP contribution is 2.48. The number of hydrogen-bond acceptors (Lipinski definition) is 8. The second-order valence-corrected chi connectivity index (χ2v) is 11.9. The maximum absolute atomic E-state index is 14.3. The van der Waals surface area contributed by atoms with Crippen molar-refractivity contribution in [2.45, 2.75) is 39.3 Å². The summed E-state index contributed by atoms with van der Waals surface area (Å²) in [6, 6.07) is 10.6. The Labute approximate surface area is 230 Å². The van der Waals surface area contributed by atoms with Crippen LogP contribution in [0.15, 0.2) is 48.8 Å². The molecule has 3 aromatic heterocycles. The van der Waals surface area contributed by atoms with Crippen LogP contribution in [0.25, 0.3) is 22.1 Å². The summed E-state index contributed by atoms with van der Waals surface area (Å²) in [5.41, 5.74) is 9.18. The third-order valence-electron chi connectivity index (χ3n) is 7.42. The molecule has 6 rings (SSSR count). The fourth-order valence-corrected chi connectivity index (χ4v) is 6.02. The van der Waals surface area contributed by atoms with E-state index in [2.05, 4.69) is 15.0 Å². The van der Waals surface area contributed by atoms with Crippen LogP contribution in [0.4, 0.5) is 4.39 Å². The predicted octanol–water partition coefficient (Wildman–Crippen LogP) is 4.76. The number of carbonyl (C=O) groups is 1. The number of thiazole rings is 1. The first kappa shape index (κ1) is 25.5. The van der Waals surface area contributed by atoms with Gasteiger partial charge in [-0.3, -0.25) is 4.79 Å². The van der Waals surface area contributed by atoms with Gasteiger partial charge in [-0.25, -0.2) is 24.3 Å². The third kappa shape index (κ3) is 4.90. The minimum Gasteiger partial charge on any atom is -0.474 e. The zero-order valence-corrected chi connectivity index (χ0v) is 23.0. The summed E-state index contributed by atoms with van der Waals surface area (Å²) >= 11 is 1.33. The number of amides is 1. The maximum atomic E-state index is 14.3. The molecule has 10 heteroatoms. The summed E-state index contributed by atoms with van der Waals surface area (Å²) in [5.74, 6) is 1.14. The molecule has 2 unspecified atom stereocenters. The summed E-state index contributed by atoms with van der Waals surface area (Å²) in [6.07, 6.45) is 3.29. The fourth-order valence-electron chi connectivity index (χ4n) is 5.03. The zero-order valence-electron chi connectivity index (χ0n) is 22.2. The number of ether oxygens (including phenoxy) is 1. The quantitative estimate of drug-likeness (QED) is 0.373. The average molecular weight is 545 g/mol. The van der Waals surface area contributed by atoms with Crippen molar-refractivity contribution in [3.8, 4) is 28.0 Å². The van der Waals surface area contributed by atoms with E-state index in [9.17, 15) is 9.18 Å². The lowest BCUT2D eigenvalue weighted by atomic mass is 9.94. The molecule has 0 bridgehead atoms. The van der Waals surface area contributed by atoms with Gasteiger partial charge in [0.2, 0.25) is 5.88 Å². The van der Waals surface area contributed by atoms with Gasteiger partial charge in [-0.2, -0.15) is 0 Å². The molecule has 1 amide bonds. The van der Waals surface area contributed by atoms with Crippen LogP contribution in [0.1, 0.15) is 40.3 Å². The number of halogens is 1. The second kappa shape index (κ2) is 9.46. The molecule has 0 spiro atoms. The van der Waals surface area contributed by atoms with Gasteiger partial charge in [-0.05, 0) is 57.0 Å². The summed E-state index contributed by atoms with van der Waals surface area (Å²) in [5, 5.41) is 0.639. The SMILES string of the molecule is Cc1ccc(-c2cc(C(C)(C)N)cc(OC3C4CN(C(=O)c5sc(-c6ncccn6)nc5C)CC43)n2)cc1F. The van der Waals surface area contributed by atoms with Crippen LogP contribution in [-0.2, 0) is 5.54 Å². The minimum absolute atomic E-state index is 0.0215. The zero-order chi connectivity index (χ0) is 27.5. The van der Waals surface area contributed by atoms with E-state index in [0.717, 1.165) is 5.56 Å². The van der Waals surface area contributed by atoms with Gasteiger partial charge in [0.1, 0.15) is 16.8 Å². The number of nitrogens with two attached hydrogens (primary N) is 1. The number of likely N-dealkylation sites (tertiary alicyclic amines) is 1. The molecule has 2 atom stereocenters. The van der Waals surface area contributed by atoms with Gasteiger partial charge >= 0.3 is 0 Å². The number of fused-ring (bicyclic) bond motifs is 1. The molecule has 200 valence electrons. The van der Waals surface area contributed by atoms with Crippen molar-refractivity contribution in [2.75, 3.05) is 13.1 Å². The van der Waals surface area contributed by atoms with Crippen molar-refractivity contribution in [1.29, 1.82) is 0 Å². The minimum atomic E-state index is -0.627. The van der Waals surface area contributed by atoms with Crippen LogP contribution in [-0.4, -0.2) is 49.9 Å². The summed E-state index contributed by atoms with van der Waals surface area (Å²) < 4.78 is 20.6. The van der Waals surface area contributed by atoms with Crippen molar-refractivity contribution in [3.05, 3.63) is 76.3 Å². The molecular formula is C29H29FN6O2S. The highest BCUT2D eigenvalue weighted by Gasteiger charge is 2.59. The molecule has 1 aliphatic heterocycles. The largest absolute Gasteiger partial charge is 0.474 e. The highest BCUT2D eigenvalue weighted by atomic mass is 32.1. The van der Waals surface area contributed by atoms with Crippen LogP contribution in [0.2, 0.25) is 0 Å². The van der Waals surface area contributed by atoms with E-state index in [1.807, 2.05) is 43.9 Å². The first-order valence-electron chi connectivity index (χ1n) is 12.9. The molecule has 2 N–H and O–H groups in total. The molecule has 4 heterocycles. The number of rotatable bonds is 6. The number of nitrogens with zero attached hydrogens (tertiary/aromatic N) is 5. The summed E-state index contributed by atoms with van der Waals surface area (Å²) in [4.78, 5) is 33.5. The number of carbonyl (C=O) groups excluding carboxylic acids is 1. The molecule has 2 aliphatic rings. The number of hydrogen-bond donors (Lipinski definition) is 1.